The Kier molecular flexibility index (Phi) is 0.773. The highest BCUT2D eigenvalue weighted by molar-refractivity contribution is 5.67. The predicted molar refractivity (Wildman–Crippen MR) is 32.7 cm³/mol. The molecule has 3 rings (SSSR count). The van der Waals surface area contributed by atoms with Gasteiger partial charge in [-0.3, -0.25) is 0 Å². The lowest BCUT2D eigenvalue weighted by molar-refractivity contribution is -0.216. The minimum absolute atomic E-state index is 0.249. The van der Waals surface area contributed by atoms with Crippen molar-refractivity contribution in [1.82, 2.24) is 5.32 Å². The third-order valence-corrected chi connectivity index (χ3v) is 2.37. The van der Waals surface area contributed by atoms with Crippen molar-refractivity contribution in [2.75, 3.05) is 0 Å². The molecule has 0 unspecified atom stereocenters. The van der Waals surface area contributed by atoms with Crippen molar-refractivity contribution in [3.8, 4) is 0 Å². The minimum atomic E-state index is -0.984. The summed E-state index contributed by atoms with van der Waals surface area (Å²) in [6, 6.07) is 0. The van der Waals surface area contributed by atoms with E-state index in [0.29, 0.717) is 19.3 Å². The van der Waals surface area contributed by atoms with Crippen LogP contribution < -0.4 is 5.32 Å². The van der Waals surface area contributed by atoms with Crippen molar-refractivity contribution < 1.29 is 15.0 Å². The van der Waals surface area contributed by atoms with Gasteiger partial charge in [-0.25, -0.2) is 4.79 Å². The molecule has 4 heteroatoms. The highest BCUT2D eigenvalue weighted by atomic mass is 16.4. The van der Waals surface area contributed by atoms with Crippen molar-refractivity contribution in [3.05, 3.63) is 0 Å². The summed E-state index contributed by atoms with van der Waals surface area (Å²) in [5.74, 6) is 0. The summed E-state index contributed by atoms with van der Waals surface area (Å²) >= 11 is 0. The maximum absolute atomic E-state index is 10.1. The molecule has 3 N–H and O–H groups in total. The summed E-state index contributed by atoms with van der Waals surface area (Å²) in [5.41, 5.74) is -0.761. The van der Waals surface area contributed by atoms with Gasteiger partial charge in [0, 0.05) is 0 Å². The van der Waals surface area contributed by atoms with E-state index in [0.717, 1.165) is 0 Å². The molecular formula is C6H9NO3. The molecule has 0 aromatic carbocycles. The van der Waals surface area contributed by atoms with Gasteiger partial charge in [0.15, 0.2) is 0 Å². The molecule has 0 aromatic rings. The minimum Gasteiger partial charge on any atom is -0.465 e. The Morgan fingerprint density at radius 1 is 1.40 bits per heavy atom. The summed E-state index contributed by atoms with van der Waals surface area (Å²) < 4.78 is 0. The molecule has 0 aromatic heterocycles. The summed E-state index contributed by atoms with van der Waals surface area (Å²) in [7, 11) is 0. The molecule has 4 nitrogen and oxygen atoms in total. The van der Waals surface area contributed by atoms with E-state index in [1.165, 1.54) is 0 Å². The Morgan fingerprint density at radius 2 is 1.90 bits per heavy atom. The lowest BCUT2D eigenvalue weighted by atomic mass is 9.46. The van der Waals surface area contributed by atoms with Crippen LogP contribution in [0.2, 0.25) is 0 Å². The largest absolute Gasteiger partial charge is 0.465 e. The van der Waals surface area contributed by atoms with Crippen LogP contribution in [0.25, 0.3) is 0 Å². The second-order valence-corrected chi connectivity index (χ2v) is 3.47. The van der Waals surface area contributed by atoms with Crippen LogP contribution in [-0.4, -0.2) is 27.4 Å². The zero-order chi connectivity index (χ0) is 7.41. The van der Waals surface area contributed by atoms with Crippen LogP contribution in [0, 0.1) is 0 Å². The fourth-order valence-electron chi connectivity index (χ4n) is 2.09. The quantitative estimate of drug-likeness (QED) is 0.481. The van der Waals surface area contributed by atoms with Gasteiger partial charge in [-0.2, -0.15) is 0 Å². The molecule has 10 heavy (non-hydrogen) atoms. The van der Waals surface area contributed by atoms with Gasteiger partial charge in [0.2, 0.25) is 0 Å². The van der Waals surface area contributed by atoms with Gasteiger partial charge in [-0.1, -0.05) is 0 Å². The number of hydrogen-bond acceptors (Lipinski definition) is 2. The van der Waals surface area contributed by atoms with Crippen LogP contribution >= 0.6 is 0 Å². The molecule has 0 spiro atoms. The Labute approximate surface area is 57.9 Å². The summed E-state index contributed by atoms with van der Waals surface area (Å²) in [4.78, 5) is 10.1. The highest BCUT2D eigenvalue weighted by Gasteiger charge is 2.68. The smallest absolute Gasteiger partial charge is 0.405 e. The third kappa shape index (κ3) is 0.568. The molecular weight excluding hydrogens is 134 g/mol. The molecule has 1 amide bonds. The molecule has 0 atom stereocenters. The lowest BCUT2D eigenvalue weighted by Crippen LogP contribution is -2.78. The first-order valence-electron chi connectivity index (χ1n) is 3.27. The monoisotopic (exact) mass is 143 g/mol. The van der Waals surface area contributed by atoms with Gasteiger partial charge in [0.1, 0.15) is 0 Å². The number of carbonyl (C=O) groups is 1. The normalized spacial score (nSPS) is 48.9. The van der Waals surface area contributed by atoms with E-state index in [1.807, 2.05) is 0 Å². The summed E-state index contributed by atoms with van der Waals surface area (Å²) in [6.07, 6.45) is 0.826. The van der Waals surface area contributed by atoms with E-state index >= 15 is 0 Å². The van der Waals surface area contributed by atoms with Crippen LogP contribution in [0.3, 0.4) is 0 Å². The van der Waals surface area contributed by atoms with Crippen molar-refractivity contribution >= 4 is 6.09 Å². The Morgan fingerprint density at radius 3 is 2.20 bits per heavy atom. The number of hydrogen-bond donors (Lipinski definition) is 3. The molecule has 3 saturated carbocycles. The van der Waals surface area contributed by atoms with E-state index in [4.69, 9.17) is 5.11 Å². The fourth-order valence-corrected chi connectivity index (χ4v) is 2.09. The highest BCUT2D eigenvalue weighted by Crippen LogP contribution is 2.60. The van der Waals surface area contributed by atoms with Gasteiger partial charge in [-0.15, -0.1) is 0 Å². The predicted octanol–water partition coefficient (Wildman–Crippen LogP) is -0.0786. The molecule has 0 saturated heterocycles. The van der Waals surface area contributed by atoms with Crippen LogP contribution in [0.1, 0.15) is 19.3 Å². The molecule has 3 fully saturated rings. The maximum Gasteiger partial charge on any atom is 0.405 e. The zero-order valence-electron chi connectivity index (χ0n) is 5.42. The van der Waals surface area contributed by atoms with E-state index in [9.17, 15) is 9.90 Å². The van der Waals surface area contributed by atoms with Crippen molar-refractivity contribution in [2.45, 2.75) is 30.4 Å². The van der Waals surface area contributed by atoms with Crippen molar-refractivity contribution in [3.63, 3.8) is 0 Å². The van der Waals surface area contributed by atoms with Crippen LogP contribution in [0.4, 0.5) is 4.79 Å². The van der Waals surface area contributed by atoms with Gasteiger partial charge >= 0.3 is 6.09 Å². The second-order valence-electron chi connectivity index (χ2n) is 3.47. The first kappa shape index (κ1) is 5.97. The van der Waals surface area contributed by atoms with Crippen LogP contribution in [0.15, 0.2) is 0 Å². The van der Waals surface area contributed by atoms with Gasteiger partial charge in [0.25, 0.3) is 0 Å². The van der Waals surface area contributed by atoms with Crippen molar-refractivity contribution in [1.29, 1.82) is 0 Å². The average Bonchev–Trinajstić information content (AvgIpc) is 1.56. The number of carboxylic acid groups (broad SMARTS) is 1. The standard InChI is InChI=1S/C6H9NO3/c8-4(9)7-5-1-6(10,2-5)3-5/h7,10H,1-3H2,(H,8,9). The van der Waals surface area contributed by atoms with E-state index in [2.05, 4.69) is 5.32 Å². The third-order valence-electron chi connectivity index (χ3n) is 2.37. The number of rotatable bonds is 1. The topological polar surface area (TPSA) is 69.6 Å². The molecule has 0 radical (unpaired) electrons. The Hall–Kier alpha value is -0.770. The lowest BCUT2D eigenvalue weighted by Gasteiger charge is -2.67. The Bertz CT molecular complexity index is 181. The SMILES string of the molecule is O=C(O)NC12CC(O)(C1)C2. The number of aliphatic hydroxyl groups is 1. The van der Waals surface area contributed by atoms with E-state index in [-0.39, 0.29) is 5.54 Å². The first-order chi connectivity index (χ1) is 4.54. The molecule has 0 aliphatic heterocycles. The number of amides is 1. The van der Waals surface area contributed by atoms with E-state index < -0.39 is 11.7 Å². The van der Waals surface area contributed by atoms with E-state index in [1.54, 1.807) is 0 Å². The van der Waals surface area contributed by atoms with Gasteiger partial charge in [0.05, 0.1) is 11.1 Å². The Balaban J connectivity index is 1.93. The molecule has 0 heterocycles. The first-order valence-corrected chi connectivity index (χ1v) is 3.27. The summed E-state index contributed by atoms with van der Waals surface area (Å²) in [5, 5.41) is 20.0. The van der Waals surface area contributed by atoms with Crippen LogP contribution in [-0.2, 0) is 0 Å². The molecule has 3 aliphatic rings. The maximum atomic E-state index is 10.1. The fraction of sp³-hybridized carbons (Fsp3) is 0.833. The zero-order valence-corrected chi connectivity index (χ0v) is 5.42. The average molecular weight is 143 g/mol. The number of nitrogens with one attached hydrogen (secondary N) is 1. The molecule has 2 bridgehead atoms. The second kappa shape index (κ2) is 1.29. The van der Waals surface area contributed by atoms with Gasteiger partial charge in [-0.05, 0) is 19.3 Å². The van der Waals surface area contributed by atoms with Gasteiger partial charge < -0.3 is 15.5 Å². The van der Waals surface area contributed by atoms with Crippen molar-refractivity contribution in [2.24, 2.45) is 0 Å². The molecule has 56 valence electrons. The summed E-state index contributed by atoms with van der Waals surface area (Å²) in [6.45, 7) is 0. The van der Waals surface area contributed by atoms with Crippen LogP contribution in [0.5, 0.6) is 0 Å². The molecule has 3 aliphatic carbocycles.